The van der Waals surface area contributed by atoms with E-state index in [1.54, 1.807) is 0 Å². The Bertz CT molecular complexity index is 483. The van der Waals surface area contributed by atoms with Gasteiger partial charge in [0, 0.05) is 34.8 Å². The molecule has 2 rings (SSSR count). The van der Waals surface area contributed by atoms with Gasteiger partial charge in [0.05, 0.1) is 0 Å². The molecular formula is C15H22N2S2. The van der Waals surface area contributed by atoms with E-state index in [9.17, 15) is 0 Å². The number of aryl methyl sites for hydroxylation is 1. The molecule has 0 aromatic heterocycles. The molecule has 0 atom stereocenters. The Morgan fingerprint density at radius 3 is 2.79 bits per heavy atom. The van der Waals surface area contributed by atoms with Crippen molar-refractivity contribution in [2.45, 2.75) is 31.9 Å². The summed E-state index contributed by atoms with van der Waals surface area (Å²) in [6.45, 7) is 8.93. The fourth-order valence-electron chi connectivity index (χ4n) is 2.52. The largest absolute Gasteiger partial charge is 0.389 e. The SMILES string of the molecule is Cc1cccc(C(N)=S)c1N1CCSC(C)(C)CC1. The summed E-state index contributed by atoms with van der Waals surface area (Å²) >= 11 is 7.26. The zero-order valence-electron chi connectivity index (χ0n) is 11.9. The highest BCUT2D eigenvalue weighted by Gasteiger charge is 2.25. The molecule has 1 heterocycles. The van der Waals surface area contributed by atoms with Crippen LogP contribution in [0.3, 0.4) is 0 Å². The molecule has 104 valence electrons. The maximum atomic E-state index is 5.88. The molecule has 0 spiro atoms. The van der Waals surface area contributed by atoms with Crippen LogP contribution in [0.15, 0.2) is 18.2 Å². The van der Waals surface area contributed by atoms with Crippen LogP contribution >= 0.6 is 24.0 Å². The number of hydrogen-bond donors (Lipinski definition) is 1. The van der Waals surface area contributed by atoms with Gasteiger partial charge >= 0.3 is 0 Å². The number of hydrogen-bond acceptors (Lipinski definition) is 3. The van der Waals surface area contributed by atoms with Crippen molar-refractivity contribution < 1.29 is 0 Å². The van der Waals surface area contributed by atoms with Gasteiger partial charge in [-0.05, 0) is 25.0 Å². The van der Waals surface area contributed by atoms with Gasteiger partial charge in [-0.1, -0.05) is 38.2 Å². The number of rotatable bonds is 2. The molecule has 0 aliphatic carbocycles. The van der Waals surface area contributed by atoms with Crippen molar-refractivity contribution in [3.05, 3.63) is 29.3 Å². The van der Waals surface area contributed by atoms with Crippen molar-refractivity contribution in [1.29, 1.82) is 0 Å². The first-order chi connectivity index (χ1) is 8.91. The number of thiocarbonyl (C=S) groups is 1. The Hall–Kier alpha value is -0.740. The van der Waals surface area contributed by atoms with Crippen molar-refractivity contribution in [3.63, 3.8) is 0 Å². The van der Waals surface area contributed by atoms with E-state index >= 15 is 0 Å². The Labute approximate surface area is 125 Å². The highest BCUT2D eigenvalue weighted by Crippen LogP contribution is 2.34. The average molecular weight is 294 g/mol. The van der Waals surface area contributed by atoms with E-state index < -0.39 is 0 Å². The van der Waals surface area contributed by atoms with E-state index in [4.69, 9.17) is 18.0 Å². The lowest BCUT2D eigenvalue weighted by Gasteiger charge is -2.27. The predicted octanol–water partition coefficient (Wildman–Crippen LogP) is 3.35. The third kappa shape index (κ3) is 3.42. The molecule has 0 bridgehead atoms. The normalized spacial score (nSPS) is 19.0. The summed E-state index contributed by atoms with van der Waals surface area (Å²) in [6, 6.07) is 6.21. The van der Waals surface area contributed by atoms with Crippen LogP contribution in [0.1, 0.15) is 31.4 Å². The summed E-state index contributed by atoms with van der Waals surface area (Å²) in [7, 11) is 0. The first-order valence-corrected chi connectivity index (χ1v) is 8.08. The molecule has 0 amide bonds. The molecule has 1 aliphatic rings. The van der Waals surface area contributed by atoms with Crippen LogP contribution in [0.5, 0.6) is 0 Å². The van der Waals surface area contributed by atoms with E-state index in [0.717, 1.165) is 24.4 Å². The number of para-hydroxylation sites is 1. The van der Waals surface area contributed by atoms with Crippen LogP contribution < -0.4 is 10.6 Å². The summed E-state index contributed by atoms with van der Waals surface area (Å²) in [6.07, 6.45) is 1.18. The fourth-order valence-corrected chi connectivity index (χ4v) is 3.79. The van der Waals surface area contributed by atoms with E-state index in [2.05, 4.69) is 43.5 Å². The fraction of sp³-hybridized carbons (Fsp3) is 0.533. The molecule has 0 radical (unpaired) electrons. The molecule has 19 heavy (non-hydrogen) atoms. The molecule has 0 unspecified atom stereocenters. The number of benzene rings is 1. The summed E-state index contributed by atoms with van der Waals surface area (Å²) in [5.74, 6) is 1.15. The second-order valence-corrected chi connectivity index (χ2v) is 7.92. The second kappa shape index (κ2) is 5.71. The zero-order valence-corrected chi connectivity index (χ0v) is 13.5. The first kappa shape index (κ1) is 14.7. The summed E-state index contributed by atoms with van der Waals surface area (Å²) in [5, 5.41) is 0. The van der Waals surface area contributed by atoms with E-state index in [0.29, 0.717) is 9.74 Å². The van der Waals surface area contributed by atoms with Gasteiger partial charge in [-0.25, -0.2) is 0 Å². The van der Waals surface area contributed by atoms with E-state index in [1.807, 2.05) is 12.1 Å². The lowest BCUT2D eigenvalue weighted by atomic mass is 10.0. The zero-order chi connectivity index (χ0) is 14.0. The van der Waals surface area contributed by atoms with Gasteiger partial charge in [0.2, 0.25) is 0 Å². The average Bonchev–Trinajstić information content (AvgIpc) is 2.50. The van der Waals surface area contributed by atoms with Gasteiger partial charge in [-0.15, -0.1) is 0 Å². The van der Waals surface area contributed by atoms with Crippen LogP contribution in [0.4, 0.5) is 5.69 Å². The number of thioether (sulfide) groups is 1. The van der Waals surface area contributed by atoms with Gasteiger partial charge in [0.25, 0.3) is 0 Å². The molecule has 2 nitrogen and oxygen atoms in total. The molecule has 1 aliphatic heterocycles. The molecule has 1 aromatic carbocycles. The Morgan fingerprint density at radius 2 is 2.11 bits per heavy atom. The first-order valence-electron chi connectivity index (χ1n) is 6.69. The van der Waals surface area contributed by atoms with Gasteiger partial charge in [-0.3, -0.25) is 0 Å². The van der Waals surface area contributed by atoms with Gasteiger partial charge in [0.1, 0.15) is 4.99 Å². The lowest BCUT2D eigenvalue weighted by molar-refractivity contribution is 0.637. The lowest BCUT2D eigenvalue weighted by Crippen LogP contribution is -2.30. The number of anilines is 1. The maximum absolute atomic E-state index is 5.88. The molecule has 1 fully saturated rings. The highest BCUT2D eigenvalue weighted by molar-refractivity contribution is 8.00. The molecular weight excluding hydrogens is 272 g/mol. The molecule has 0 saturated carbocycles. The molecule has 2 N–H and O–H groups in total. The minimum atomic E-state index is 0.362. The van der Waals surface area contributed by atoms with Crippen molar-refractivity contribution in [3.8, 4) is 0 Å². The van der Waals surface area contributed by atoms with Crippen LogP contribution in [0.25, 0.3) is 0 Å². The monoisotopic (exact) mass is 294 g/mol. The van der Waals surface area contributed by atoms with E-state index in [-0.39, 0.29) is 0 Å². The summed E-state index contributed by atoms with van der Waals surface area (Å²) in [4.78, 5) is 2.95. The van der Waals surface area contributed by atoms with Crippen LogP contribution in [-0.2, 0) is 0 Å². The van der Waals surface area contributed by atoms with Crippen molar-refractivity contribution in [1.82, 2.24) is 0 Å². The third-order valence-corrected chi connectivity index (χ3v) is 5.25. The Morgan fingerprint density at radius 1 is 1.37 bits per heavy atom. The summed E-state index contributed by atoms with van der Waals surface area (Å²) in [5.41, 5.74) is 9.38. The maximum Gasteiger partial charge on any atom is 0.106 e. The van der Waals surface area contributed by atoms with Gasteiger partial charge in [0.15, 0.2) is 0 Å². The summed E-state index contributed by atoms with van der Waals surface area (Å²) < 4.78 is 0.362. The second-order valence-electron chi connectivity index (χ2n) is 5.68. The number of nitrogens with zero attached hydrogens (tertiary/aromatic N) is 1. The van der Waals surface area contributed by atoms with Crippen molar-refractivity contribution in [2.24, 2.45) is 5.73 Å². The smallest absolute Gasteiger partial charge is 0.106 e. The quantitative estimate of drug-likeness (QED) is 0.847. The van der Waals surface area contributed by atoms with Gasteiger partial charge < -0.3 is 10.6 Å². The standard InChI is InChI=1S/C15H22N2S2/c1-11-5-4-6-12(14(16)18)13(11)17-8-7-15(2,3)19-10-9-17/h4-6H,7-10H2,1-3H3,(H2,16,18). The minimum absolute atomic E-state index is 0.362. The molecule has 4 heteroatoms. The number of nitrogens with two attached hydrogens (primary N) is 1. The Balaban J connectivity index is 2.33. The third-order valence-electron chi connectivity index (χ3n) is 3.66. The van der Waals surface area contributed by atoms with Gasteiger partial charge in [-0.2, -0.15) is 11.8 Å². The van der Waals surface area contributed by atoms with Crippen LogP contribution in [0, 0.1) is 6.92 Å². The molecule has 1 saturated heterocycles. The molecule has 1 aromatic rings. The van der Waals surface area contributed by atoms with E-state index in [1.165, 1.54) is 17.7 Å². The van der Waals surface area contributed by atoms with Crippen LogP contribution in [0.2, 0.25) is 0 Å². The van der Waals surface area contributed by atoms with Crippen LogP contribution in [-0.4, -0.2) is 28.6 Å². The topological polar surface area (TPSA) is 29.3 Å². The minimum Gasteiger partial charge on any atom is -0.389 e. The van der Waals surface area contributed by atoms with Crippen molar-refractivity contribution in [2.75, 3.05) is 23.7 Å². The Kier molecular flexibility index (Phi) is 4.41. The highest BCUT2D eigenvalue weighted by atomic mass is 32.2. The van der Waals surface area contributed by atoms with Crippen molar-refractivity contribution >= 4 is 34.7 Å². The predicted molar refractivity (Wildman–Crippen MR) is 90.4 cm³/mol.